The standard InChI is InChI=1S/C23H26N4O4S/c1-3-16-20(22(29)31-4-2)18(27-23(30)26-16)12-32-19-11-15(21(28)24-13-9-10-13)14-7-5-6-8-17(14)25-19/h5-8,11,13,16H,3-4,9-10,12H2,1-2H3,(H,24,28)(H2,26,27,30)/t16-/m1/s1. The summed E-state index contributed by atoms with van der Waals surface area (Å²) in [5, 5.41) is 9.99. The molecule has 1 aliphatic heterocycles. The molecule has 9 heteroatoms. The summed E-state index contributed by atoms with van der Waals surface area (Å²) in [6, 6.07) is 8.78. The molecule has 1 aliphatic carbocycles. The Morgan fingerprint density at radius 2 is 2.03 bits per heavy atom. The number of amides is 3. The van der Waals surface area contributed by atoms with Gasteiger partial charge in [-0.1, -0.05) is 25.1 Å². The van der Waals surface area contributed by atoms with Crippen LogP contribution in [0.5, 0.6) is 0 Å². The van der Waals surface area contributed by atoms with E-state index in [-0.39, 0.29) is 24.6 Å². The molecule has 0 radical (unpaired) electrons. The summed E-state index contributed by atoms with van der Waals surface area (Å²) >= 11 is 1.36. The highest BCUT2D eigenvalue weighted by molar-refractivity contribution is 7.99. The Bertz CT molecular complexity index is 1100. The van der Waals surface area contributed by atoms with Gasteiger partial charge in [0.15, 0.2) is 0 Å². The number of rotatable bonds is 8. The molecule has 2 aromatic rings. The lowest BCUT2D eigenvalue weighted by atomic mass is 10.0. The van der Waals surface area contributed by atoms with Gasteiger partial charge in [0, 0.05) is 22.9 Å². The van der Waals surface area contributed by atoms with Gasteiger partial charge >= 0.3 is 12.0 Å². The molecule has 4 rings (SSSR count). The van der Waals surface area contributed by atoms with E-state index in [0.29, 0.717) is 34.0 Å². The minimum atomic E-state index is -0.446. The van der Waals surface area contributed by atoms with Crippen molar-refractivity contribution in [1.82, 2.24) is 20.9 Å². The van der Waals surface area contributed by atoms with Crippen LogP contribution < -0.4 is 16.0 Å². The molecule has 1 fully saturated rings. The van der Waals surface area contributed by atoms with E-state index in [1.807, 2.05) is 31.2 Å². The van der Waals surface area contributed by atoms with E-state index in [2.05, 4.69) is 20.9 Å². The van der Waals surface area contributed by atoms with Gasteiger partial charge < -0.3 is 20.7 Å². The second kappa shape index (κ2) is 9.60. The lowest BCUT2D eigenvalue weighted by Crippen LogP contribution is -2.50. The highest BCUT2D eigenvalue weighted by Crippen LogP contribution is 2.28. The Hall–Kier alpha value is -3.07. The number of esters is 1. The van der Waals surface area contributed by atoms with Gasteiger partial charge in [-0.05, 0) is 38.3 Å². The number of hydrogen-bond donors (Lipinski definition) is 3. The third-order valence-corrected chi connectivity index (χ3v) is 6.30. The molecule has 3 N–H and O–H groups in total. The van der Waals surface area contributed by atoms with Gasteiger partial charge in [0.25, 0.3) is 5.91 Å². The van der Waals surface area contributed by atoms with Crippen molar-refractivity contribution < 1.29 is 19.1 Å². The number of pyridine rings is 1. The minimum Gasteiger partial charge on any atom is -0.463 e. The highest BCUT2D eigenvalue weighted by Gasteiger charge is 2.31. The molecule has 0 spiro atoms. The fraction of sp³-hybridized carbons (Fsp3) is 0.391. The number of carbonyl (C=O) groups excluding carboxylic acids is 3. The molecule has 3 amide bonds. The predicted molar refractivity (Wildman–Crippen MR) is 122 cm³/mol. The van der Waals surface area contributed by atoms with Crippen LogP contribution in [0.3, 0.4) is 0 Å². The molecule has 1 aromatic carbocycles. The maximum absolute atomic E-state index is 12.8. The first-order chi connectivity index (χ1) is 15.5. The molecule has 168 valence electrons. The van der Waals surface area contributed by atoms with E-state index >= 15 is 0 Å². The van der Waals surface area contributed by atoms with Crippen LogP contribution in [0.4, 0.5) is 4.79 Å². The van der Waals surface area contributed by atoms with Crippen molar-refractivity contribution >= 4 is 40.6 Å². The van der Waals surface area contributed by atoms with Gasteiger partial charge in [-0.2, -0.15) is 0 Å². The zero-order valence-electron chi connectivity index (χ0n) is 18.1. The van der Waals surface area contributed by atoms with Crippen molar-refractivity contribution in [3.05, 3.63) is 47.2 Å². The summed E-state index contributed by atoms with van der Waals surface area (Å²) in [5.74, 6) is -0.244. The number of urea groups is 1. The zero-order chi connectivity index (χ0) is 22.7. The SMILES string of the molecule is CCOC(=O)C1=C(CSc2cc(C(=O)NC3CC3)c3ccccc3n2)NC(=O)N[C@@H]1CC. The Labute approximate surface area is 190 Å². The summed E-state index contributed by atoms with van der Waals surface area (Å²) in [5.41, 5.74) is 2.22. The van der Waals surface area contributed by atoms with Crippen molar-refractivity contribution in [3.8, 4) is 0 Å². The molecule has 1 atom stereocenters. The molecule has 2 aliphatic rings. The molecule has 0 saturated heterocycles. The van der Waals surface area contributed by atoms with Crippen LogP contribution in [-0.2, 0) is 9.53 Å². The van der Waals surface area contributed by atoms with Gasteiger partial charge in [-0.25, -0.2) is 14.6 Å². The third-order valence-electron chi connectivity index (χ3n) is 5.36. The van der Waals surface area contributed by atoms with Crippen molar-refractivity contribution in [3.63, 3.8) is 0 Å². The van der Waals surface area contributed by atoms with Gasteiger partial charge in [0.1, 0.15) is 0 Å². The molecule has 1 saturated carbocycles. The number of ether oxygens (including phenoxy) is 1. The number of para-hydroxylation sites is 1. The first-order valence-corrected chi connectivity index (χ1v) is 11.8. The fourth-order valence-corrected chi connectivity index (χ4v) is 4.51. The Balaban J connectivity index is 1.64. The van der Waals surface area contributed by atoms with Crippen molar-refractivity contribution in [2.24, 2.45) is 0 Å². The second-order valence-electron chi connectivity index (χ2n) is 7.73. The average molecular weight is 455 g/mol. The van der Waals surface area contributed by atoms with Gasteiger partial charge in [0.2, 0.25) is 0 Å². The number of nitrogens with zero attached hydrogens (tertiary/aromatic N) is 1. The number of thioether (sulfide) groups is 1. The predicted octanol–water partition coefficient (Wildman–Crippen LogP) is 3.13. The Kier molecular flexibility index (Phi) is 6.64. The first kappa shape index (κ1) is 22.1. The maximum Gasteiger partial charge on any atom is 0.337 e. The monoisotopic (exact) mass is 454 g/mol. The fourth-order valence-electron chi connectivity index (χ4n) is 3.63. The molecule has 2 heterocycles. The van der Waals surface area contributed by atoms with E-state index in [1.54, 1.807) is 13.0 Å². The van der Waals surface area contributed by atoms with Crippen LogP contribution in [-0.4, -0.2) is 47.3 Å². The van der Waals surface area contributed by atoms with Crippen LogP contribution in [0.15, 0.2) is 46.6 Å². The summed E-state index contributed by atoms with van der Waals surface area (Å²) in [4.78, 5) is 42.2. The summed E-state index contributed by atoms with van der Waals surface area (Å²) in [6.07, 6.45) is 2.58. The Morgan fingerprint density at radius 1 is 1.25 bits per heavy atom. The van der Waals surface area contributed by atoms with Gasteiger partial charge in [-0.3, -0.25) is 4.79 Å². The highest BCUT2D eigenvalue weighted by atomic mass is 32.2. The Morgan fingerprint density at radius 3 is 2.75 bits per heavy atom. The van der Waals surface area contributed by atoms with Crippen LogP contribution in [0, 0.1) is 0 Å². The smallest absolute Gasteiger partial charge is 0.337 e. The minimum absolute atomic E-state index is 0.111. The topological polar surface area (TPSA) is 109 Å². The third kappa shape index (κ3) is 4.88. The second-order valence-corrected chi connectivity index (χ2v) is 8.73. The van der Waals surface area contributed by atoms with E-state index < -0.39 is 12.0 Å². The van der Waals surface area contributed by atoms with Crippen LogP contribution in [0.2, 0.25) is 0 Å². The summed E-state index contributed by atoms with van der Waals surface area (Å²) in [6.45, 7) is 3.89. The number of carbonyl (C=O) groups is 3. The molecule has 1 aromatic heterocycles. The van der Waals surface area contributed by atoms with Crippen molar-refractivity contribution in [2.75, 3.05) is 12.4 Å². The number of benzene rings is 1. The van der Waals surface area contributed by atoms with E-state index in [4.69, 9.17) is 4.74 Å². The van der Waals surface area contributed by atoms with Crippen LogP contribution in [0.1, 0.15) is 43.5 Å². The van der Waals surface area contributed by atoms with Crippen LogP contribution in [0.25, 0.3) is 10.9 Å². The van der Waals surface area contributed by atoms with Gasteiger partial charge in [-0.15, -0.1) is 11.8 Å². The lowest BCUT2D eigenvalue weighted by molar-refractivity contribution is -0.139. The van der Waals surface area contributed by atoms with E-state index in [0.717, 1.165) is 23.7 Å². The molecule has 8 nitrogen and oxygen atoms in total. The van der Waals surface area contributed by atoms with Gasteiger partial charge in [0.05, 0.1) is 34.3 Å². The van der Waals surface area contributed by atoms with Crippen molar-refractivity contribution in [2.45, 2.75) is 50.2 Å². The summed E-state index contributed by atoms with van der Waals surface area (Å²) in [7, 11) is 0. The maximum atomic E-state index is 12.8. The van der Waals surface area contributed by atoms with Crippen molar-refractivity contribution in [1.29, 1.82) is 0 Å². The molecule has 0 unspecified atom stereocenters. The zero-order valence-corrected chi connectivity index (χ0v) is 18.9. The van der Waals surface area contributed by atoms with E-state index in [9.17, 15) is 14.4 Å². The lowest BCUT2D eigenvalue weighted by Gasteiger charge is -2.28. The quantitative estimate of drug-likeness (QED) is 0.418. The molecule has 0 bridgehead atoms. The number of hydrogen-bond acceptors (Lipinski definition) is 6. The average Bonchev–Trinajstić information content (AvgIpc) is 3.60. The number of fused-ring (bicyclic) bond motifs is 1. The first-order valence-electron chi connectivity index (χ1n) is 10.8. The number of aromatic nitrogens is 1. The van der Waals surface area contributed by atoms with Crippen LogP contribution >= 0.6 is 11.8 Å². The largest absolute Gasteiger partial charge is 0.463 e. The number of nitrogens with one attached hydrogen (secondary N) is 3. The molecule has 32 heavy (non-hydrogen) atoms. The normalized spacial score (nSPS) is 18.2. The molecular formula is C23H26N4O4S. The van der Waals surface area contributed by atoms with E-state index in [1.165, 1.54) is 11.8 Å². The molecular weight excluding hydrogens is 428 g/mol. The summed E-state index contributed by atoms with van der Waals surface area (Å²) < 4.78 is 5.22.